The van der Waals surface area contributed by atoms with Gasteiger partial charge in [-0.1, -0.05) is 17.7 Å². The molecule has 0 aliphatic carbocycles. The Morgan fingerprint density at radius 2 is 1.92 bits per heavy atom. The van der Waals surface area contributed by atoms with Crippen molar-refractivity contribution in [1.29, 1.82) is 0 Å². The van der Waals surface area contributed by atoms with Crippen LogP contribution in [-0.4, -0.2) is 48.1 Å². The van der Waals surface area contributed by atoms with Crippen molar-refractivity contribution < 1.29 is 14.8 Å². The summed E-state index contributed by atoms with van der Waals surface area (Å²) < 4.78 is 8.22. The number of rotatable bonds is 9. The number of nitrogens with one attached hydrogen (secondary N) is 2. The Labute approximate surface area is 203 Å². The number of anilines is 1. The minimum Gasteiger partial charge on any atom is -0.491 e. The van der Waals surface area contributed by atoms with Gasteiger partial charge < -0.3 is 14.4 Å². The summed E-state index contributed by atoms with van der Waals surface area (Å²) in [4.78, 5) is 41.5. The molecular formula is C23H23N7O6. The quantitative estimate of drug-likeness (QED) is 0.179. The minimum atomic E-state index is -1.03. The van der Waals surface area contributed by atoms with Crippen molar-refractivity contribution in [1.82, 2.24) is 19.1 Å². The van der Waals surface area contributed by atoms with Crippen LogP contribution in [0, 0.1) is 17.0 Å². The first-order valence-electron chi connectivity index (χ1n) is 10.8. The molecule has 0 saturated heterocycles. The Morgan fingerprint density at radius 1 is 1.22 bits per heavy atom. The van der Waals surface area contributed by atoms with E-state index in [2.05, 4.69) is 20.5 Å². The molecule has 0 spiro atoms. The van der Waals surface area contributed by atoms with Gasteiger partial charge in [-0.15, -0.1) is 0 Å². The van der Waals surface area contributed by atoms with Gasteiger partial charge in [0.05, 0.1) is 17.7 Å². The largest absolute Gasteiger partial charge is 0.491 e. The van der Waals surface area contributed by atoms with Crippen LogP contribution >= 0.6 is 0 Å². The van der Waals surface area contributed by atoms with E-state index in [0.29, 0.717) is 11.3 Å². The van der Waals surface area contributed by atoms with Crippen molar-refractivity contribution in [2.45, 2.75) is 19.6 Å². The fourth-order valence-electron chi connectivity index (χ4n) is 3.43. The predicted octanol–water partition coefficient (Wildman–Crippen LogP) is 1.53. The first-order chi connectivity index (χ1) is 17.2. The molecule has 36 heavy (non-hydrogen) atoms. The van der Waals surface area contributed by atoms with Gasteiger partial charge in [-0.2, -0.15) is 10.1 Å². The third kappa shape index (κ3) is 5.31. The van der Waals surface area contributed by atoms with E-state index in [0.717, 1.165) is 5.56 Å². The molecule has 1 unspecified atom stereocenters. The average molecular weight is 493 g/mol. The zero-order valence-corrected chi connectivity index (χ0v) is 19.4. The van der Waals surface area contributed by atoms with Crippen LogP contribution in [0.3, 0.4) is 0 Å². The topological polar surface area (TPSA) is 170 Å². The molecule has 2 aromatic carbocycles. The van der Waals surface area contributed by atoms with Gasteiger partial charge >= 0.3 is 5.69 Å². The number of aliphatic hydroxyl groups excluding tert-OH is 1. The molecule has 0 fully saturated rings. The monoisotopic (exact) mass is 493 g/mol. The normalized spacial score (nSPS) is 12.2. The van der Waals surface area contributed by atoms with Crippen LogP contribution in [0.1, 0.15) is 11.1 Å². The standard InChI is InChI=1S/C23H23N7O6/c1-14-3-9-18(10-4-14)36-13-17(31)12-29-19-20(28(2)23(33)26-21(19)32)25-22(29)27-24-11-15-5-7-16(8-6-15)30(34)35/h3-11,17,31H,12-13H2,1-2H3,(H,25,27)(H,26,32,33). The molecule has 0 aliphatic heterocycles. The van der Waals surface area contributed by atoms with Crippen molar-refractivity contribution in [3.05, 3.63) is 90.6 Å². The van der Waals surface area contributed by atoms with Crippen molar-refractivity contribution in [3.8, 4) is 5.75 Å². The number of benzene rings is 2. The lowest BCUT2D eigenvalue weighted by molar-refractivity contribution is -0.384. The van der Waals surface area contributed by atoms with Gasteiger partial charge in [0.25, 0.3) is 11.2 Å². The highest BCUT2D eigenvalue weighted by Gasteiger charge is 2.20. The Balaban J connectivity index is 1.59. The molecule has 4 aromatic rings. The summed E-state index contributed by atoms with van der Waals surface area (Å²) in [6, 6.07) is 13.1. The Kier molecular flexibility index (Phi) is 6.92. The molecule has 2 aromatic heterocycles. The number of aromatic amines is 1. The van der Waals surface area contributed by atoms with Gasteiger partial charge in [0.1, 0.15) is 18.5 Å². The molecule has 2 heterocycles. The maximum absolute atomic E-state index is 12.6. The van der Waals surface area contributed by atoms with Crippen LogP contribution in [-0.2, 0) is 13.6 Å². The van der Waals surface area contributed by atoms with Crippen LogP contribution < -0.4 is 21.4 Å². The summed E-state index contributed by atoms with van der Waals surface area (Å²) in [5, 5.41) is 25.5. The Hall–Kier alpha value is -4.78. The lowest BCUT2D eigenvalue weighted by Crippen LogP contribution is -2.30. The SMILES string of the molecule is Cc1ccc(OCC(O)Cn2c(NN=Cc3ccc([N+](=O)[O-])cc3)nc3c2c(=O)[nH]c(=O)n3C)cc1. The van der Waals surface area contributed by atoms with Gasteiger partial charge in [-0.05, 0) is 36.8 Å². The number of fused-ring (bicyclic) bond motifs is 1. The van der Waals surface area contributed by atoms with E-state index in [1.165, 1.54) is 46.7 Å². The van der Waals surface area contributed by atoms with E-state index in [1.54, 1.807) is 12.1 Å². The van der Waals surface area contributed by atoms with Crippen molar-refractivity contribution in [3.63, 3.8) is 0 Å². The highest BCUT2D eigenvalue weighted by atomic mass is 16.6. The number of ether oxygens (including phenoxy) is 1. The summed E-state index contributed by atoms with van der Waals surface area (Å²) in [5.74, 6) is 0.686. The number of aromatic nitrogens is 4. The number of imidazole rings is 1. The fraction of sp³-hybridized carbons (Fsp3) is 0.217. The molecule has 0 amide bonds. The van der Waals surface area contributed by atoms with Gasteiger partial charge in [0.15, 0.2) is 11.2 Å². The summed E-state index contributed by atoms with van der Waals surface area (Å²) in [7, 11) is 1.46. The molecule has 0 aliphatic rings. The molecular weight excluding hydrogens is 470 g/mol. The van der Waals surface area contributed by atoms with Crippen LogP contribution in [0.5, 0.6) is 5.75 Å². The van der Waals surface area contributed by atoms with Crippen molar-refractivity contribution in [2.75, 3.05) is 12.0 Å². The molecule has 0 radical (unpaired) electrons. The first kappa shape index (κ1) is 24.3. The molecule has 0 saturated carbocycles. The van der Waals surface area contributed by atoms with Crippen molar-refractivity contribution in [2.24, 2.45) is 12.1 Å². The summed E-state index contributed by atoms with van der Waals surface area (Å²) >= 11 is 0. The van der Waals surface area contributed by atoms with Crippen LogP contribution in [0.2, 0.25) is 0 Å². The lowest BCUT2D eigenvalue weighted by atomic mass is 10.2. The fourth-order valence-corrected chi connectivity index (χ4v) is 3.43. The molecule has 4 rings (SSSR count). The summed E-state index contributed by atoms with van der Waals surface area (Å²) in [6.45, 7) is 1.81. The van der Waals surface area contributed by atoms with Gasteiger partial charge in [-0.25, -0.2) is 10.2 Å². The molecule has 1 atom stereocenters. The summed E-state index contributed by atoms with van der Waals surface area (Å²) in [6.07, 6.45) is 0.382. The van der Waals surface area contributed by atoms with E-state index in [-0.39, 0.29) is 36.0 Å². The number of nitro groups is 1. The number of nitrogens with zero attached hydrogens (tertiary/aromatic N) is 5. The van der Waals surface area contributed by atoms with Gasteiger partial charge in [0, 0.05) is 19.2 Å². The van der Waals surface area contributed by atoms with Crippen LogP contribution in [0.15, 0.2) is 63.2 Å². The third-order valence-corrected chi connectivity index (χ3v) is 5.35. The van der Waals surface area contributed by atoms with E-state index in [4.69, 9.17) is 4.74 Å². The number of hydrogen-bond acceptors (Lipinski definition) is 9. The second-order valence-electron chi connectivity index (χ2n) is 8.03. The zero-order valence-electron chi connectivity index (χ0n) is 19.4. The Bertz CT molecular complexity index is 1530. The zero-order chi connectivity index (χ0) is 25.8. The second-order valence-corrected chi connectivity index (χ2v) is 8.03. The number of aliphatic hydroxyl groups is 1. The highest BCUT2D eigenvalue weighted by Crippen LogP contribution is 2.17. The smallest absolute Gasteiger partial charge is 0.329 e. The van der Waals surface area contributed by atoms with Gasteiger partial charge in [0.2, 0.25) is 5.95 Å². The second kappa shape index (κ2) is 10.2. The predicted molar refractivity (Wildman–Crippen MR) is 133 cm³/mol. The van der Waals surface area contributed by atoms with Gasteiger partial charge in [-0.3, -0.25) is 24.5 Å². The van der Waals surface area contributed by atoms with Crippen molar-refractivity contribution >= 4 is 29.0 Å². The van der Waals surface area contributed by atoms with E-state index in [9.17, 15) is 24.8 Å². The van der Waals surface area contributed by atoms with E-state index in [1.807, 2.05) is 19.1 Å². The third-order valence-electron chi connectivity index (χ3n) is 5.35. The number of nitro benzene ring substituents is 1. The maximum Gasteiger partial charge on any atom is 0.329 e. The van der Waals surface area contributed by atoms with Crippen LogP contribution in [0.4, 0.5) is 11.6 Å². The molecule has 0 bridgehead atoms. The van der Waals surface area contributed by atoms with E-state index < -0.39 is 22.3 Å². The number of hydrogen-bond donors (Lipinski definition) is 3. The molecule has 13 heteroatoms. The lowest BCUT2D eigenvalue weighted by Gasteiger charge is -2.15. The molecule has 186 valence electrons. The molecule has 13 nitrogen and oxygen atoms in total. The minimum absolute atomic E-state index is 0.0520. The number of non-ortho nitro benzene ring substituents is 1. The molecule has 3 N–H and O–H groups in total. The average Bonchev–Trinajstić information content (AvgIpc) is 3.21. The number of H-pyrrole nitrogens is 1. The maximum atomic E-state index is 12.6. The first-order valence-corrected chi connectivity index (χ1v) is 10.8. The number of aryl methyl sites for hydroxylation is 2. The van der Waals surface area contributed by atoms with E-state index >= 15 is 0 Å². The summed E-state index contributed by atoms with van der Waals surface area (Å²) in [5.41, 5.74) is 3.18. The highest BCUT2D eigenvalue weighted by molar-refractivity contribution is 5.81. The Morgan fingerprint density at radius 3 is 2.58 bits per heavy atom. The number of hydrazone groups is 1. The van der Waals surface area contributed by atoms with Crippen LogP contribution in [0.25, 0.3) is 11.2 Å².